The molecule has 7 heteroatoms. The molecule has 6 nitrogen and oxygen atoms in total. The highest BCUT2D eigenvalue weighted by atomic mass is 127. The van der Waals surface area contributed by atoms with E-state index in [9.17, 15) is 0 Å². The number of hydrogen-bond acceptors (Lipinski definition) is 3. The number of aliphatic imine (C=N–C) groups is 1. The smallest absolute Gasteiger partial charge is 0.191 e. The Morgan fingerprint density at radius 2 is 1.79 bits per heavy atom. The molecule has 0 radical (unpaired) electrons. The van der Waals surface area contributed by atoms with Gasteiger partial charge in [-0.25, -0.2) is 9.98 Å². The van der Waals surface area contributed by atoms with Gasteiger partial charge in [0, 0.05) is 12.1 Å². The number of halogens is 1. The van der Waals surface area contributed by atoms with E-state index < -0.39 is 0 Å². The van der Waals surface area contributed by atoms with Crippen LogP contribution in [0, 0.1) is 0 Å². The summed E-state index contributed by atoms with van der Waals surface area (Å²) in [6.45, 7) is 6.56. The number of hydrogen-bond donors (Lipinski definition) is 3. The Morgan fingerprint density at radius 1 is 1.03 bits per heavy atom. The third-order valence-electron chi connectivity index (χ3n) is 4.16. The summed E-state index contributed by atoms with van der Waals surface area (Å²) in [6.07, 6.45) is 1.86. The van der Waals surface area contributed by atoms with Crippen LogP contribution < -0.4 is 15.4 Å². The summed E-state index contributed by atoms with van der Waals surface area (Å²) in [4.78, 5) is 12.5. The molecule has 0 saturated heterocycles. The van der Waals surface area contributed by atoms with Crippen LogP contribution in [-0.4, -0.2) is 29.1 Å². The molecule has 3 N–H and O–H groups in total. The van der Waals surface area contributed by atoms with Crippen molar-refractivity contribution in [1.29, 1.82) is 0 Å². The zero-order chi connectivity index (χ0) is 19.6. The normalized spacial score (nSPS) is 10.9. The zero-order valence-electron chi connectivity index (χ0n) is 16.8. The molecule has 0 aliphatic rings. The summed E-state index contributed by atoms with van der Waals surface area (Å²) in [6, 6.07) is 18.2. The van der Waals surface area contributed by atoms with Gasteiger partial charge in [0.05, 0.1) is 31.6 Å². The van der Waals surface area contributed by atoms with Gasteiger partial charge in [0.2, 0.25) is 0 Å². The standard InChI is InChI=1S/C22H27N5O.HI/c1-3-23-22(25-14-18-12-8-9-13-20(18)28-4-2)26-16-21-24-15-19(27-21)17-10-6-5-7-11-17;/h5-13,15H,3-4,14,16H2,1-2H3,(H,24,27)(H2,23,25,26);1H. The Bertz CT molecular complexity index is 895. The van der Waals surface area contributed by atoms with Crippen molar-refractivity contribution in [3.63, 3.8) is 0 Å². The van der Waals surface area contributed by atoms with Crippen molar-refractivity contribution in [2.24, 2.45) is 4.99 Å². The number of H-pyrrole nitrogens is 1. The van der Waals surface area contributed by atoms with Gasteiger partial charge >= 0.3 is 0 Å². The monoisotopic (exact) mass is 505 g/mol. The molecule has 1 heterocycles. The predicted molar refractivity (Wildman–Crippen MR) is 129 cm³/mol. The molecule has 3 rings (SSSR count). The number of ether oxygens (including phenoxy) is 1. The average molecular weight is 505 g/mol. The van der Waals surface area contributed by atoms with Crippen molar-refractivity contribution in [3.05, 3.63) is 72.2 Å². The number of nitrogens with one attached hydrogen (secondary N) is 3. The molecule has 0 bridgehead atoms. The highest BCUT2D eigenvalue weighted by Crippen LogP contribution is 2.19. The maximum absolute atomic E-state index is 5.68. The van der Waals surface area contributed by atoms with Crippen molar-refractivity contribution >= 4 is 29.9 Å². The molecule has 0 fully saturated rings. The lowest BCUT2D eigenvalue weighted by atomic mass is 10.2. The molecule has 0 saturated carbocycles. The number of guanidine groups is 1. The van der Waals surface area contributed by atoms with Crippen LogP contribution in [0.5, 0.6) is 5.75 Å². The first-order valence-electron chi connectivity index (χ1n) is 9.62. The molecular formula is C22H28IN5O. The molecule has 29 heavy (non-hydrogen) atoms. The predicted octanol–water partition coefficient (Wildman–Crippen LogP) is 4.35. The summed E-state index contributed by atoms with van der Waals surface area (Å²) in [5.41, 5.74) is 3.19. The van der Waals surface area contributed by atoms with Gasteiger partial charge in [-0.1, -0.05) is 48.5 Å². The van der Waals surface area contributed by atoms with E-state index in [1.165, 1.54) is 0 Å². The molecule has 154 valence electrons. The second kappa shape index (κ2) is 12.1. The fourth-order valence-corrected chi connectivity index (χ4v) is 2.82. The van der Waals surface area contributed by atoms with Crippen LogP contribution in [0.2, 0.25) is 0 Å². The second-order valence-electron chi connectivity index (χ2n) is 6.20. The Hall–Kier alpha value is -2.55. The van der Waals surface area contributed by atoms with Crippen molar-refractivity contribution in [1.82, 2.24) is 20.6 Å². The van der Waals surface area contributed by atoms with Crippen molar-refractivity contribution < 1.29 is 4.74 Å². The van der Waals surface area contributed by atoms with Crippen LogP contribution in [0.25, 0.3) is 11.3 Å². The second-order valence-corrected chi connectivity index (χ2v) is 6.20. The lowest BCUT2D eigenvalue weighted by molar-refractivity contribution is 0.336. The summed E-state index contributed by atoms with van der Waals surface area (Å²) < 4.78 is 5.68. The number of imidazole rings is 1. The maximum atomic E-state index is 5.68. The highest BCUT2D eigenvalue weighted by molar-refractivity contribution is 14.0. The van der Waals surface area contributed by atoms with E-state index in [1.807, 2.05) is 62.5 Å². The number of para-hydroxylation sites is 1. The van der Waals surface area contributed by atoms with Gasteiger partial charge in [-0.2, -0.15) is 0 Å². The molecule has 0 amide bonds. The lowest BCUT2D eigenvalue weighted by Gasteiger charge is -2.12. The minimum Gasteiger partial charge on any atom is -0.494 e. The number of aromatic nitrogens is 2. The van der Waals surface area contributed by atoms with E-state index >= 15 is 0 Å². The Kier molecular flexibility index (Phi) is 9.49. The van der Waals surface area contributed by atoms with Crippen molar-refractivity contribution in [3.8, 4) is 17.0 Å². The Morgan fingerprint density at radius 3 is 2.55 bits per heavy atom. The Labute approximate surface area is 189 Å². The largest absolute Gasteiger partial charge is 0.494 e. The minimum atomic E-state index is 0. The highest BCUT2D eigenvalue weighted by Gasteiger charge is 2.06. The van der Waals surface area contributed by atoms with Gasteiger partial charge < -0.3 is 20.4 Å². The van der Waals surface area contributed by atoms with Crippen LogP contribution >= 0.6 is 24.0 Å². The lowest BCUT2D eigenvalue weighted by Crippen LogP contribution is -2.37. The fraction of sp³-hybridized carbons (Fsp3) is 0.273. The van der Waals surface area contributed by atoms with E-state index in [0.717, 1.165) is 40.9 Å². The van der Waals surface area contributed by atoms with E-state index in [-0.39, 0.29) is 24.0 Å². The van der Waals surface area contributed by atoms with Crippen LogP contribution in [0.15, 0.2) is 65.8 Å². The van der Waals surface area contributed by atoms with E-state index in [4.69, 9.17) is 4.74 Å². The summed E-state index contributed by atoms with van der Waals surface area (Å²) in [5, 5.41) is 6.60. The molecule has 0 spiro atoms. The van der Waals surface area contributed by atoms with E-state index in [2.05, 4.69) is 37.7 Å². The van der Waals surface area contributed by atoms with Gasteiger partial charge in [0.15, 0.2) is 5.96 Å². The number of aromatic amines is 1. The minimum absolute atomic E-state index is 0. The third-order valence-corrected chi connectivity index (χ3v) is 4.16. The fourth-order valence-electron chi connectivity index (χ4n) is 2.82. The topological polar surface area (TPSA) is 74.3 Å². The Balaban J connectivity index is 0.00000300. The number of nitrogens with zero attached hydrogens (tertiary/aromatic N) is 2. The first-order valence-corrected chi connectivity index (χ1v) is 9.62. The van der Waals surface area contributed by atoms with Crippen LogP contribution in [-0.2, 0) is 13.1 Å². The molecule has 0 unspecified atom stereocenters. The quantitative estimate of drug-likeness (QED) is 0.242. The number of rotatable bonds is 8. The van der Waals surface area contributed by atoms with Crippen LogP contribution in [0.4, 0.5) is 0 Å². The summed E-state index contributed by atoms with van der Waals surface area (Å²) >= 11 is 0. The van der Waals surface area contributed by atoms with Gasteiger partial charge in [0.1, 0.15) is 11.6 Å². The van der Waals surface area contributed by atoms with E-state index in [1.54, 1.807) is 0 Å². The van der Waals surface area contributed by atoms with E-state index in [0.29, 0.717) is 19.7 Å². The van der Waals surface area contributed by atoms with Gasteiger partial charge in [-0.05, 0) is 25.5 Å². The molecular weight excluding hydrogens is 477 g/mol. The number of benzene rings is 2. The first kappa shape index (κ1) is 22.7. The van der Waals surface area contributed by atoms with Crippen molar-refractivity contribution in [2.45, 2.75) is 26.9 Å². The van der Waals surface area contributed by atoms with Gasteiger partial charge in [0.25, 0.3) is 0 Å². The summed E-state index contributed by atoms with van der Waals surface area (Å²) in [5.74, 6) is 2.48. The van der Waals surface area contributed by atoms with Gasteiger partial charge in [-0.3, -0.25) is 0 Å². The SMILES string of the molecule is CCNC(=NCc1ccccc1OCC)NCc1ncc(-c2ccccc2)[nH]1.I. The molecule has 0 aliphatic heterocycles. The molecule has 1 aromatic heterocycles. The maximum Gasteiger partial charge on any atom is 0.191 e. The molecule has 0 aliphatic carbocycles. The van der Waals surface area contributed by atoms with Crippen LogP contribution in [0.1, 0.15) is 25.2 Å². The van der Waals surface area contributed by atoms with Gasteiger partial charge in [-0.15, -0.1) is 24.0 Å². The third kappa shape index (κ3) is 6.77. The van der Waals surface area contributed by atoms with Crippen LogP contribution in [0.3, 0.4) is 0 Å². The average Bonchev–Trinajstić information content (AvgIpc) is 3.21. The molecule has 3 aromatic rings. The van der Waals surface area contributed by atoms with Crippen molar-refractivity contribution in [2.75, 3.05) is 13.2 Å². The summed E-state index contributed by atoms with van der Waals surface area (Å²) in [7, 11) is 0. The molecule has 2 aromatic carbocycles. The first-order chi connectivity index (χ1) is 13.8. The molecule has 0 atom stereocenters. The zero-order valence-corrected chi connectivity index (χ0v) is 19.1.